The van der Waals surface area contributed by atoms with Crippen LogP contribution in [0.25, 0.3) is 0 Å². The van der Waals surface area contributed by atoms with Gasteiger partial charge in [-0.15, -0.1) is 37.5 Å². The van der Waals surface area contributed by atoms with Gasteiger partial charge in [0, 0.05) is 12.8 Å². The second kappa shape index (κ2) is 111. The Labute approximate surface area is 477 Å². The summed E-state index contributed by atoms with van der Waals surface area (Å²) in [5, 5.41) is 8.66. The van der Waals surface area contributed by atoms with Crippen LogP contribution in [0.5, 0.6) is 0 Å². The zero-order valence-electron chi connectivity index (χ0n) is 54.8. The molecule has 2 atom stereocenters. The lowest BCUT2D eigenvalue weighted by Gasteiger charge is -2.07. The van der Waals surface area contributed by atoms with Crippen LogP contribution in [0.4, 0.5) is 4.39 Å². The number of aliphatic imine (C=N–C) groups is 1. The molecule has 0 aromatic rings. The number of aliphatic hydroxyl groups excluding tert-OH is 1. The van der Waals surface area contributed by atoms with Gasteiger partial charge in [0.2, 0.25) is 0 Å². The Hall–Kier alpha value is -3.30. The number of halogens is 1. The standard InChI is InChI=1S/C16H30.C15H26.C12H26.C8H14N2.C7H16O.C3H4.C2H5F.3C2H6.C2H2/c1-3-5-7-9-11-13-15-16-14-12-10-8-6-4-2;1-5-8-9-11-14(4)12-13-15(7-3)10-6-2;1-3-5-7-9-11-12-10-8-6-4-2;1-5-10-8(6(2)3)7(4)9;1-3-5-7(4-2)6-8;1-3-2;1-2-3;4*1-2/h5H,1,4,6-16H2,2H3;5,12-13,15H,1,4,6-11H2,2-3H3;3-12H2,1-2H3;5H,4,9H2,1-3H3;7-8H,3-6H2,1-2H3;1H,2H3;2H2,1H3;3*1-2H3;1-2H/b;13-12-;;;;;;;;;. The molecule has 3 nitrogen and oxygen atoms in total. The zero-order chi connectivity index (χ0) is 60.5. The highest BCUT2D eigenvalue weighted by atomic mass is 19.1. The van der Waals surface area contributed by atoms with Gasteiger partial charge in [0.15, 0.2) is 0 Å². The summed E-state index contributed by atoms with van der Waals surface area (Å²) in [6.45, 7) is 51.6. The highest BCUT2D eigenvalue weighted by Gasteiger charge is 2.01. The van der Waals surface area contributed by atoms with Crippen molar-refractivity contribution in [2.24, 2.45) is 22.6 Å². The Bertz CT molecular complexity index is 1160. The second-order valence-corrected chi connectivity index (χ2v) is 17.8. The van der Waals surface area contributed by atoms with Gasteiger partial charge in [0.25, 0.3) is 0 Å². The fraction of sp³-hybridized carbons (Fsp3) is 0.746. The number of nitrogens with two attached hydrogens (primary N) is 1. The predicted molar refractivity (Wildman–Crippen MR) is 355 cm³/mol. The second-order valence-electron chi connectivity index (χ2n) is 17.8. The van der Waals surface area contributed by atoms with E-state index in [1.54, 1.807) is 13.1 Å². The van der Waals surface area contributed by atoms with Crippen LogP contribution in [-0.4, -0.2) is 24.6 Å². The number of hydrogen-bond acceptors (Lipinski definition) is 3. The minimum atomic E-state index is -0.250. The maximum Gasteiger partial charge on any atom is 0.0866 e. The summed E-state index contributed by atoms with van der Waals surface area (Å²) in [6.07, 6.45) is 64.8. The van der Waals surface area contributed by atoms with Crippen molar-refractivity contribution in [3.8, 4) is 25.2 Å². The van der Waals surface area contributed by atoms with Gasteiger partial charge in [-0.05, 0) is 109 Å². The zero-order valence-corrected chi connectivity index (χ0v) is 54.8. The van der Waals surface area contributed by atoms with Crippen molar-refractivity contribution in [1.29, 1.82) is 0 Å². The number of nitrogens with zero attached hydrogens (tertiary/aromatic N) is 1. The number of hydrogen-bond donors (Lipinski definition) is 2. The normalized spacial score (nSPS) is 9.83. The van der Waals surface area contributed by atoms with Crippen LogP contribution in [-0.2, 0) is 0 Å². The topological polar surface area (TPSA) is 58.6 Å². The smallest absolute Gasteiger partial charge is 0.0866 e. The van der Waals surface area contributed by atoms with Crippen LogP contribution in [0.2, 0.25) is 0 Å². The van der Waals surface area contributed by atoms with E-state index in [1.165, 1.54) is 192 Å². The Morgan fingerprint density at radius 2 is 0.987 bits per heavy atom. The highest BCUT2D eigenvalue weighted by Crippen LogP contribution is 2.16. The lowest BCUT2D eigenvalue weighted by atomic mass is 9.98. The van der Waals surface area contributed by atoms with E-state index in [1.807, 2.05) is 74.5 Å². The fourth-order valence-corrected chi connectivity index (χ4v) is 6.70. The first-order valence-electron chi connectivity index (χ1n) is 31.1. The van der Waals surface area contributed by atoms with E-state index in [-0.39, 0.29) is 6.67 Å². The number of aliphatic hydroxyl groups is 1. The number of rotatable bonds is 36. The van der Waals surface area contributed by atoms with Crippen molar-refractivity contribution in [3.05, 3.63) is 78.9 Å². The lowest BCUT2D eigenvalue weighted by molar-refractivity contribution is 0.214. The molecule has 4 heteroatoms. The Balaban J connectivity index is -0.0000000722. The van der Waals surface area contributed by atoms with E-state index in [0.717, 1.165) is 36.5 Å². The van der Waals surface area contributed by atoms with Crippen molar-refractivity contribution in [1.82, 2.24) is 0 Å². The van der Waals surface area contributed by atoms with E-state index < -0.39 is 0 Å². The summed E-state index contributed by atoms with van der Waals surface area (Å²) >= 11 is 0. The number of alkyl halides is 1. The summed E-state index contributed by atoms with van der Waals surface area (Å²) in [5.41, 5.74) is 12.0. The van der Waals surface area contributed by atoms with Crippen molar-refractivity contribution in [3.63, 3.8) is 0 Å². The SMILES string of the molecule is C#C.C#CC.C=C(N)C(N=CC)=C(C)C.C=C=CCCCCCCCCCCCCC.C=CCCCC(=C)/C=C\C(CC)CCC.CC.CC.CC.CCCC(CC)CO.CCCCCCCCCCCC.CCF. The van der Waals surface area contributed by atoms with Crippen LogP contribution in [0.3, 0.4) is 0 Å². The third kappa shape index (κ3) is 125. The maximum atomic E-state index is 10.3. The minimum absolute atomic E-state index is 0.250. The molecule has 0 rings (SSSR count). The molecule has 0 saturated heterocycles. The maximum absolute atomic E-state index is 10.3. The average molecular weight is 1060 g/mol. The molecule has 75 heavy (non-hydrogen) atoms. The molecule has 2 unspecified atom stereocenters. The molecule has 0 aliphatic carbocycles. The van der Waals surface area contributed by atoms with Crippen molar-refractivity contribution < 1.29 is 9.50 Å². The van der Waals surface area contributed by atoms with Gasteiger partial charge >= 0.3 is 0 Å². The summed E-state index contributed by atoms with van der Waals surface area (Å²) in [7, 11) is 0. The van der Waals surface area contributed by atoms with Gasteiger partial charge in [-0.3, -0.25) is 9.38 Å². The molecule has 0 aliphatic heterocycles. The predicted octanol–water partition coefficient (Wildman–Crippen LogP) is 24.8. The quantitative estimate of drug-likeness (QED) is 0.0164. The minimum Gasteiger partial charge on any atom is -0.397 e. The van der Waals surface area contributed by atoms with Gasteiger partial charge in [-0.2, -0.15) is 0 Å². The van der Waals surface area contributed by atoms with Gasteiger partial charge in [-0.25, -0.2) is 0 Å². The summed E-state index contributed by atoms with van der Waals surface area (Å²) in [4.78, 5) is 4.05. The van der Waals surface area contributed by atoms with Crippen molar-refractivity contribution in [2.75, 3.05) is 13.3 Å². The molecular weight excluding hydrogens is 916 g/mol. The third-order valence-electron chi connectivity index (χ3n) is 10.8. The summed E-state index contributed by atoms with van der Waals surface area (Å²) < 4.78 is 10.3. The fourth-order valence-electron chi connectivity index (χ4n) is 6.70. The first-order valence-corrected chi connectivity index (χ1v) is 31.1. The summed E-state index contributed by atoms with van der Waals surface area (Å²) in [6, 6.07) is 0. The molecule has 0 aromatic carbocycles. The Kier molecular flexibility index (Phi) is 144. The Morgan fingerprint density at radius 1 is 0.627 bits per heavy atom. The molecule has 0 spiro atoms. The molecule has 0 amide bonds. The van der Waals surface area contributed by atoms with E-state index >= 15 is 0 Å². The van der Waals surface area contributed by atoms with Crippen LogP contribution < -0.4 is 5.73 Å². The molecular formula is C71H141FN2O. The van der Waals surface area contributed by atoms with Crippen LogP contribution in [0.1, 0.15) is 324 Å². The van der Waals surface area contributed by atoms with Crippen molar-refractivity contribution >= 4 is 6.21 Å². The van der Waals surface area contributed by atoms with E-state index in [9.17, 15) is 4.39 Å². The molecule has 0 bridgehead atoms. The number of terminal acetylenes is 2. The first-order chi connectivity index (χ1) is 36.3. The van der Waals surface area contributed by atoms with E-state index in [0.29, 0.717) is 18.2 Å². The molecule has 0 fully saturated rings. The number of allylic oxidation sites excluding steroid dienone is 6. The summed E-state index contributed by atoms with van der Waals surface area (Å²) in [5.74, 6) is 3.55. The van der Waals surface area contributed by atoms with Crippen molar-refractivity contribution in [2.45, 2.75) is 324 Å². The van der Waals surface area contributed by atoms with Gasteiger partial charge in [0.05, 0.1) is 18.1 Å². The molecule has 0 heterocycles. The highest BCUT2D eigenvalue weighted by molar-refractivity contribution is 5.57. The molecule has 3 N–H and O–H groups in total. The first kappa shape index (κ1) is 97.3. The molecule has 0 aliphatic rings. The van der Waals surface area contributed by atoms with E-state index in [4.69, 9.17) is 10.8 Å². The average Bonchev–Trinajstić information content (AvgIpc) is 3.43. The van der Waals surface area contributed by atoms with Gasteiger partial charge in [-0.1, -0.05) is 281 Å². The monoisotopic (exact) mass is 1060 g/mol. The van der Waals surface area contributed by atoms with Gasteiger partial charge < -0.3 is 10.8 Å². The van der Waals surface area contributed by atoms with Gasteiger partial charge in [0.1, 0.15) is 0 Å². The third-order valence-corrected chi connectivity index (χ3v) is 10.8. The van der Waals surface area contributed by atoms with E-state index in [2.05, 4.69) is 123 Å². The number of unbranched alkanes of at least 4 members (excludes halogenated alkanes) is 21. The largest absolute Gasteiger partial charge is 0.397 e. The van der Waals surface area contributed by atoms with Crippen LogP contribution >= 0.6 is 0 Å². The lowest BCUT2D eigenvalue weighted by Crippen LogP contribution is -2.02. The molecule has 0 radical (unpaired) electrons. The van der Waals surface area contributed by atoms with Crippen LogP contribution in [0, 0.1) is 37.0 Å². The Morgan fingerprint density at radius 3 is 1.21 bits per heavy atom. The molecule has 0 saturated carbocycles. The molecule has 0 aromatic heterocycles. The molecule has 448 valence electrons. The van der Waals surface area contributed by atoms with Crippen LogP contribution in [0.15, 0.2) is 83.9 Å².